The van der Waals surface area contributed by atoms with E-state index in [1.165, 1.54) is 0 Å². The first-order valence-electron chi connectivity index (χ1n) is 8.93. The van der Waals surface area contributed by atoms with Crippen LogP contribution in [0.2, 0.25) is 0 Å². The first-order chi connectivity index (χ1) is 11.5. The lowest BCUT2D eigenvalue weighted by Crippen LogP contribution is -2.32. The number of hydrogen-bond acceptors (Lipinski definition) is 3. The van der Waals surface area contributed by atoms with Crippen molar-refractivity contribution in [3.8, 4) is 0 Å². The van der Waals surface area contributed by atoms with Crippen LogP contribution >= 0.6 is 0 Å². The quantitative estimate of drug-likeness (QED) is 0.760. The third-order valence-corrected chi connectivity index (χ3v) is 6.86. The van der Waals surface area contributed by atoms with Crippen LogP contribution in [-0.4, -0.2) is 38.3 Å². The molecule has 1 saturated carbocycles. The lowest BCUT2D eigenvalue weighted by atomic mass is 10.2. The highest BCUT2D eigenvalue weighted by Gasteiger charge is 2.37. The van der Waals surface area contributed by atoms with Crippen LogP contribution in [0.15, 0.2) is 23.1 Å². The van der Waals surface area contributed by atoms with Gasteiger partial charge in [-0.3, -0.25) is 4.79 Å². The van der Waals surface area contributed by atoms with Crippen LogP contribution in [0.5, 0.6) is 0 Å². The van der Waals surface area contributed by atoms with E-state index in [4.69, 9.17) is 0 Å². The minimum Gasteiger partial charge on any atom is -0.312 e. The van der Waals surface area contributed by atoms with Crippen molar-refractivity contribution in [2.75, 3.05) is 24.5 Å². The molecule has 1 aliphatic heterocycles. The van der Waals surface area contributed by atoms with Crippen molar-refractivity contribution in [1.29, 1.82) is 0 Å². The van der Waals surface area contributed by atoms with Crippen LogP contribution in [0.4, 0.5) is 5.69 Å². The van der Waals surface area contributed by atoms with Crippen molar-refractivity contribution in [1.82, 2.24) is 4.31 Å². The van der Waals surface area contributed by atoms with Gasteiger partial charge in [0, 0.05) is 31.2 Å². The van der Waals surface area contributed by atoms with Gasteiger partial charge in [0.05, 0.1) is 4.90 Å². The fraction of sp³-hybridized carbons (Fsp3) is 0.611. The van der Waals surface area contributed by atoms with Crippen LogP contribution in [0.3, 0.4) is 0 Å². The third-order valence-electron chi connectivity index (χ3n) is 4.89. The third kappa shape index (κ3) is 3.22. The maximum absolute atomic E-state index is 12.8. The normalized spacial score (nSPS) is 17.4. The van der Waals surface area contributed by atoms with E-state index in [-0.39, 0.29) is 11.8 Å². The molecule has 0 spiro atoms. The van der Waals surface area contributed by atoms with Gasteiger partial charge in [-0.1, -0.05) is 20.3 Å². The summed E-state index contributed by atoms with van der Waals surface area (Å²) < 4.78 is 27.2. The highest BCUT2D eigenvalue weighted by atomic mass is 32.2. The number of unbranched alkanes of at least 4 members (excludes halogenated alkanes) is 1. The average Bonchev–Trinajstić information content (AvgIpc) is 3.33. The lowest BCUT2D eigenvalue weighted by molar-refractivity contribution is -0.119. The number of anilines is 1. The van der Waals surface area contributed by atoms with E-state index in [0.717, 1.165) is 43.4 Å². The number of rotatable bonds is 7. The molecular formula is C18H26N2O3S. The van der Waals surface area contributed by atoms with Gasteiger partial charge in [0.15, 0.2) is 0 Å². The largest absolute Gasteiger partial charge is 0.312 e. The van der Waals surface area contributed by atoms with Gasteiger partial charge in [-0.25, -0.2) is 8.42 Å². The second kappa shape index (κ2) is 6.84. The molecule has 0 atom stereocenters. The first kappa shape index (κ1) is 17.4. The molecule has 0 saturated heterocycles. The average molecular weight is 350 g/mol. The molecule has 1 aromatic rings. The van der Waals surface area contributed by atoms with Gasteiger partial charge in [-0.2, -0.15) is 4.31 Å². The van der Waals surface area contributed by atoms with Crippen molar-refractivity contribution in [2.24, 2.45) is 5.92 Å². The Morgan fingerprint density at radius 1 is 1.29 bits per heavy atom. The fourth-order valence-corrected chi connectivity index (χ4v) is 4.79. The van der Waals surface area contributed by atoms with Crippen molar-refractivity contribution in [3.63, 3.8) is 0 Å². The molecular weight excluding hydrogens is 324 g/mol. The Hall–Kier alpha value is -1.40. The molecule has 0 N–H and O–H groups in total. The van der Waals surface area contributed by atoms with Gasteiger partial charge >= 0.3 is 0 Å². The molecule has 1 amide bonds. The number of sulfonamides is 1. The smallest absolute Gasteiger partial charge is 0.243 e. The highest BCUT2D eigenvalue weighted by Crippen LogP contribution is 2.37. The predicted molar refractivity (Wildman–Crippen MR) is 94.6 cm³/mol. The van der Waals surface area contributed by atoms with Crippen molar-refractivity contribution in [3.05, 3.63) is 23.8 Å². The van der Waals surface area contributed by atoms with Crippen LogP contribution in [0.1, 0.15) is 45.1 Å². The second-order valence-electron chi connectivity index (χ2n) is 6.65. The Balaban J connectivity index is 1.84. The van der Waals surface area contributed by atoms with E-state index < -0.39 is 10.0 Å². The van der Waals surface area contributed by atoms with Crippen LogP contribution in [-0.2, 0) is 21.2 Å². The Morgan fingerprint density at radius 3 is 2.67 bits per heavy atom. The van der Waals surface area contributed by atoms with Gasteiger partial charge in [0.25, 0.3) is 0 Å². The molecule has 5 nitrogen and oxygen atoms in total. The Bertz CT molecular complexity index is 726. The summed E-state index contributed by atoms with van der Waals surface area (Å²) in [6.45, 7) is 5.63. The molecule has 1 aromatic carbocycles. The molecule has 0 radical (unpaired) electrons. The van der Waals surface area contributed by atoms with Gasteiger partial charge in [-0.05, 0) is 49.4 Å². The van der Waals surface area contributed by atoms with E-state index in [1.807, 2.05) is 17.9 Å². The molecule has 24 heavy (non-hydrogen) atoms. The van der Waals surface area contributed by atoms with Gasteiger partial charge in [-0.15, -0.1) is 0 Å². The van der Waals surface area contributed by atoms with Crippen LogP contribution in [0, 0.1) is 5.92 Å². The van der Waals surface area contributed by atoms with Crippen molar-refractivity contribution >= 4 is 21.6 Å². The maximum Gasteiger partial charge on any atom is 0.243 e. The van der Waals surface area contributed by atoms with Crippen LogP contribution < -0.4 is 4.90 Å². The summed E-state index contributed by atoms with van der Waals surface area (Å²) in [5.41, 5.74) is 1.86. The number of hydrogen-bond donors (Lipinski definition) is 0. The van der Waals surface area contributed by atoms with E-state index >= 15 is 0 Å². The molecule has 0 bridgehead atoms. The van der Waals surface area contributed by atoms with Crippen molar-refractivity contribution < 1.29 is 13.2 Å². The van der Waals surface area contributed by atoms with E-state index in [9.17, 15) is 13.2 Å². The molecule has 0 unspecified atom stereocenters. The summed E-state index contributed by atoms with van der Waals surface area (Å²) in [4.78, 5) is 14.5. The molecule has 1 heterocycles. The highest BCUT2D eigenvalue weighted by molar-refractivity contribution is 7.89. The van der Waals surface area contributed by atoms with E-state index in [0.29, 0.717) is 24.5 Å². The SMILES string of the molecule is CCCCN(CC)S(=O)(=O)c1ccc2c(c1)CCN2C(=O)C1CC1. The summed E-state index contributed by atoms with van der Waals surface area (Å²) in [6.07, 6.45) is 4.54. The zero-order valence-electron chi connectivity index (χ0n) is 14.5. The molecule has 1 fully saturated rings. The number of carbonyl (C=O) groups is 1. The molecule has 1 aliphatic carbocycles. The topological polar surface area (TPSA) is 57.7 Å². The van der Waals surface area contributed by atoms with E-state index in [1.54, 1.807) is 16.4 Å². The number of amides is 1. The summed E-state index contributed by atoms with van der Waals surface area (Å²) >= 11 is 0. The zero-order chi connectivity index (χ0) is 17.3. The summed E-state index contributed by atoms with van der Waals surface area (Å²) in [7, 11) is -3.46. The minimum absolute atomic E-state index is 0.184. The Morgan fingerprint density at radius 2 is 2.04 bits per heavy atom. The summed E-state index contributed by atoms with van der Waals surface area (Å²) in [5.74, 6) is 0.381. The second-order valence-corrected chi connectivity index (χ2v) is 8.59. The summed E-state index contributed by atoms with van der Waals surface area (Å²) in [5, 5.41) is 0. The summed E-state index contributed by atoms with van der Waals surface area (Å²) in [6, 6.07) is 5.23. The standard InChI is InChI=1S/C18H26N2O3S/c1-3-5-11-19(4-2)24(22,23)16-8-9-17-15(13-16)10-12-20(17)18(21)14-6-7-14/h8-9,13-14H,3-7,10-12H2,1-2H3. The number of fused-ring (bicyclic) bond motifs is 1. The molecule has 6 heteroatoms. The molecule has 3 rings (SSSR count). The number of benzene rings is 1. The fourth-order valence-electron chi connectivity index (χ4n) is 3.25. The van der Waals surface area contributed by atoms with Gasteiger partial charge < -0.3 is 4.90 Å². The van der Waals surface area contributed by atoms with Crippen LogP contribution in [0.25, 0.3) is 0 Å². The zero-order valence-corrected chi connectivity index (χ0v) is 15.3. The van der Waals surface area contributed by atoms with Gasteiger partial charge in [0.2, 0.25) is 15.9 Å². The number of carbonyl (C=O) groups excluding carboxylic acids is 1. The number of nitrogens with zero attached hydrogens (tertiary/aromatic N) is 2. The minimum atomic E-state index is -3.46. The van der Waals surface area contributed by atoms with E-state index in [2.05, 4.69) is 6.92 Å². The monoisotopic (exact) mass is 350 g/mol. The van der Waals surface area contributed by atoms with Crippen molar-refractivity contribution in [2.45, 2.75) is 50.8 Å². The van der Waals surface area contributed by atoms with Gasteiger partial charge in [0.1, 0.15) is 0 Å². The maximum atomic E-state index is 12.8. The molecule has 0 aromatic heterocycles. The Kier molecular flexibility index (Phi) is 4.97. The first-order valence-corrected chi connectivity index (χ1v) is 10.4. The Labute approximate surface area is 144 Å². The lowest BCUT2D eigenvalue weighted by Gasteiger charge is -2.21. The predicted octanol–water partition coefficient (Wildman–Crippen LogP) is 2.80. The molecule has 2 aliphatic rings. The molecule has 132 valence electrons.